The van der Waals surface area contributed by atoms with Crippen molar-refractivity contribution in [2.75, 3.05) is 5.08 Å². The van der Waals surface area contributed by atoms with E-state index in [1.807, 2.05) is 13.8 Å². The lowest BCUT2D eigenvalue weighted by Crippen LogP contribution is -1.99. The van der Waals surface area contributed by atoms with Gasteiger partial charge in [-0.15, -0.1) is 22.7 Å². The summed E-state index contributed by atoms with van der Waals surface area (Å²) >= 11 is 5.87. The SMILES string of the molecule is Cc1nc(SCSc2nc(C)c(CC(=O)O)s2)sc1CC(=O)O. The number of carbonyl (C=O) groups is 2. The smallest absolute Gasteiger partial charge is 0.308 e. The normalized spacial score (nSPS) is 10.9. The summed E-state index contributed by atoms with van der Waals surface area (Å²) < 4.78 is 1.68. The van der Waals surface area contributed by atoms with Crippen LogP contribution in [-0.2, 0) is 22.4 Å². The van der Waals surface area contributed by atoms with E-state index in [0.29, 0.717) is 5.08 Å². The Hall–Kier alpha value is -1.10. The second kappa shape index (κ2) is 8.13. The third-order valence-electron chi connectivity index (χ3n) is 2.73. The average molecular weight is 391 g/mol. The second-order valence-electron chi connectivity index (χ2n) is 4.52. The summed E-state index contributed by atoms with van der Waals surface area (Å²) in [7, 11) is 0. The number of thioether (sulfide) groups is 2. The van der Waals surface area contributed by atoms with Crippen molar-refractivity contribution >= 4 is 58.1 Å². The van der Waals surface area contributed by atoms with Crippen molar-refractivity contribution in [1.29, 1.82) is 0 Å². The first-order valence-electron chi connectivity index (χ1n) is 6.47. The highest BCUT2D eigenvalue weighted by atomic mass is 32.2. The number of carboxylic acid groups (broad SMARTS) is 2. The molecule has 0 fully saturated rings. The first kappa shape index (κ1) is 18.2. The molecule has 0 atom stereocenters. The van der Waals surface area contributed by atoms with Gasteiger partial charge in [0.25, 0.3) is 0 Å². The Kier molecular flexibility index (Phi) is 6.45. The predicted molar refractivity (Wildman–Crippen MR) is 93.0 cm³/mol. The first-order valence-corrected chi connectivity index (χ1v) is 10.1. The fourth-order valence-electron chi connectivity index (χ4n) is 1.66. The van der Waals surface area contributed by atoms with Crippen molar-refractivity contribution in [2.45, 2.75) is 35.4 Å². The molecule has 0 aromatic carbocycles. The molecule has 0 radical (unpaired) electrons. The van der Waals surface area contributed by atoms with Gasteiger partial charge >= 0.3 is 11.9 Å². The van der Waals surface area contributed by atoms with Crippen LogP contribution in [0.1, 0.15) is 21.1 Å². The Bertz CT molecular complexity index is 665. The molecule has 0 saturated carbocycles. The van der Waals surface area contributed by atoms with Crippen LogP contribution in [0.4, 0.5) is 0 Å². The maximum Gasteiger partial charge on any atom is 0.308 e. The largest absolute Gasteiger partial charge is 0.481 e. The lowest BCUT2D eigenvalue weighted by Gasteiger charge is -1.94. The molecule has 2 aromatic heterocycles. The molecule has 0 aliphatic rings. The van der Waals surface area contributed by atoms with E-state index in [9.17, 15) is 9.59 Å². The van der Waals surface area contributed by atoms with Crippen LogP contribution in [-0.4, -0.2) is 37.2 Å². The van der Waals surface area contributed by atoms with Gasteiger partial charge in [0.1, 0.15) is 0 Å². The van der Waals surface area contributed by atoms with Gasteiger partial charge in [-0.3, -0.25) is 9.59 Å². The molecule has 2 N–H and O–H groups in total. The molecule has 0 saturated heterocycles. The van der Waals surface area contributed by atoms with E-state index in [0.717, 1.165) is 29.8 Å². The van der Waals surface area contributed by atoms with Crippen molar-refractivity contribution in [3.8, 4) is 0 Å². The number of carboxylic acids is 2. The van der Waals surface area contributed by atoms with Gasteiger partial charge in [0.15, 0.2) is 8.68 Å². The molecule has 6 nitrogen and oxygen atoms in total. The van der Waals surface area contributed by atoms with E-state index >= 15 is 0 Å². The van der Waals surface area contributed by atoms with Gasteiger partial charge in [-0.05, 0) is 13.8 Å². The van der Waals surface area contributed by atoms with E-state index in [-0.39, 0.29) is 12.8 Å². The quantitative estimate of drug-likeness (QED) is 0.523. The first-order chi connectivity index (χ1) is 10.8. The summed E-state index contributed by atoms with van der Waals surface area (Å²) in [5.74, 6) is -1.71. The van der Waals surface area contributed by atoms with E-state index in [2.05, 4.69) is 9.97 Å². The molecule has 10 heteroatoms. The van der Waals surface area contributed by atoms with Gasteiger partial charge in [0.05, 0.1) is 29.3 Å². The Morgan fingerprint density at radius 1 is 0.913 bits per heavy atom. The van der Waals surface area contributed by atoms with Crippen molar-refractivity contribution < 1.29 is 19.8 Å². The van der Waals surface area contributed by atoms with Gasteiger partial charge in [-0.1, -0.05) is 23.5 Å². The molecule has 0 bridgehead atoms. The van der Waals surface area contributed by atoms with Crippen LogP contribution in [0.2, 0.25) is 0 Å². The number of aliphatic carboxylic acids is 2. The topological polar surface area (TPSA) is 100 Å². The van der Waals surface area contributed by atoms with Crippen LogP contribution >= 0.6 is 46.2 Å². The lowest BCUT2D eigenvalue weighted by atomic mass is 10.3. The molecule has 2 rings (SSSR count). The van der Waals surface area contributed by atoms with Gasteiger partial charge in [0, 0.05) is 9.75 Å². The maximum absolute atomic E-state index is 10.8. The monoisotopic (exact) mass is 390 g/mol. The van der Waals surface area contributed by atoms with Gasteiger partial charge in [-0.2, -0.15) is 0 Å². The summed E-state index contributed by atoms with van der Waals surface area (Å²) in [6.07, 6.45) is 0.00283. The van der Waals surface area contributed by atoms with Gasteiger partial charge in [0.2, 0.25) is 0 Å². The van der Waals surface area contributed by atoms with Crippen LogP contribution in [0.15, 0.2) is 8.68 Å². The third-order valence-corrected chi connectivity index (χ3v) is 7.46. The molecule has 2 aromatic rings. The van der Waals surface area contributed by atoms with E-state index < -0.39 is 11.9 Å². The van der Waals surface area contributed by atoms with E-state index in [1.165, 1.54) is 46.2 Å². The van der Waals surface area contributed by atoms with Crippen LogP contribution in [0.5, 0.6) is 0 Å². The molecular weight excluding hydrogens is 376 g/mol. The van der Waals surface area contributed by atoms with Crippen molar-refractivity contribution in [3.05, 3.63) is 21.1 Å². The number of hydrogen-bond donors (Lipinski definition) is 2. The number of aromatic nitrogens is 2. The Morgan fingerprint density at radius 2 is 1.30 bits per heavy atom. The number of aryl methyl sites for hydroxylation is 2. The van der Waals surface area contributed by atoms with Crippen molar-refractivity contribution in [1.82, 2.24) is 9.97 Å². The van der Waals surface area contributed by atoms with Crippen LogP contribution in [0.3, 0.4) is 0 Å². The molecular formula is C13H14N2O4S4. The molecule has 0 amide bonds. The second-order valence-corrected chi connectivity index (χ2v) is 9.50. The van der Waals surface area contributed by atoms with Crippen molar-refractivity contribution in [2.24, 2.45) is 0 Å². The van der Waals surface area contributed by atoms with E-state index in [4.69, 9.17) is 10.2 Å². The minimum Gasteiger partial charge on any atom is -0.481 e. The van der Waals surface area contributed by atoms with Crippen LogP contribution in [0.25, 0.3) is 0 Å². The number of rotatable bonds is 8. The zero-order valence-corrected chi connectivity index (χ0v) is 15.6. The molecule has 0 spiro atoms. The highest BCUT2D eigenvalue weighted by Gasteiger charge is 2.13. The lowest BCUT2D eigenvalue weighted by molar-refractivity contribution is -0.137. The summed E-state index contributed by atoms with van der Waals surface area (Å²) in [4.78, 5) is 31.8. The maximum atomic E-state index is 10.8. The summed E-state index contributed by atoms with van der Waals surface area (Å²) in [6, 6.07) is 0. The molecule has 0 aliphatic carbocycles. The summed E-state index contributed by atoms with van der Waals surface area (Å²) in [5, 5.41) is 18.4. The number of thiazole rings is 2. The highest BCUT2D eigenvalue weighted by molar-refractivity contribution is 8.17. The highest BCUT2D eigenvalue weighted by Crippen LogP contribution is 2.34. The van der Waals surface area contributed by atoms with Gasteiger partial charge in [-0.25, -0.2) is 9.97 Å². The molecule has 0 unspecified atom stereocenters. The Balaban J connectivity index is 1.90. The minimum absolute atomic E-state index is 0.00141. The average Bonchev–Trinajstić information content (AvgIpc) is 2.93. The molecule has 0 aliphatic heterocycles. The third kappa shape index (κ3) is 5.48. The summed E-state index contributed by atoms with van der Waals surface area (Å²) in [5.41, 5.74) is 1.53. The van der Waals surface area contributed by atoms with E-state index in [1.54, 1.807) is 0 Å². The van der Waals surface area contributed by atoms with Gasteiger partial charge < -0.3 is 10.2 Å². The fourth-order valence-corrected chi connectivity index (χ4v) is 6.61. The molecule has 124 valence electrons. The standard InChI is InChI=1S/C13H14N2O4S4/c1-6-8(3-10(16)17)22-12(14-6)20-5-21-13-15-7(2)9(23-13)4-11(18)19/h3-5H2,1-2H3,(H,16,17)(H,18,19). The molecule has 23 heavy (non-hydrogen) atoms. The predicted octanol–water partition coefficient (Wildman–Crippen LogP) is 3.31. The zero-order valence-electron chi connectivity index (χ0n) is 12.4. The molecule has 2 heterocycles. The summed E-state index contributed by atoms with van der Waals surface area (Å²) in [6.45, 7) is 3.63. The van der Waals surface area contributed by atoms with Crippen LogP contribution in [0, 0.1) is 13.8 Å². The van der Waals surface area contributed by atoms with Crippen molar-refractivity contribution in [3.63, 3.8) is 0 Å². The fraction of sp³-hybridized carbons (Fsp3) is 0.385. The Labute approximate surface area is 149 Å². The zero-order chi connectivity index (χ0) is 17.0. The minimum atomic E-state index is -0.855. The van der Waals surface area contributed by atoms with Crippen LogP contribution < -0.4 is 0 Å². The Morgan fingerprint density at radius 3 is 1.65 bits per heavy atom. The number of nitrogens with zero attached hydrogens (tertiary/aromatic N) is 2. The number of hydrogen-bond acceptors (Lipinski definition) is 8.